The van der Waals surface area contributed by atoms with Crippen molar-refractivity contribution in [3.05, 3.63) is 35.4 Å². The van der Waals surface area contributed by atoms with Crippen molar-refractivity contribution in [2.75, 3.05) is 6.54 Å². The van der Waals surface area contributed by atoms with Gasteiger partial charge in [0.25, 0.3) is 0 Å². The first kappa shape index (κ1) is 10.8. The van der Waals surface area contributed by atoms with Crippen LogP contribution >= 0.6 is 0 Å². The van der Waals surface area contributed by atoms with Gasteiger partial charge in [-0.05, 0) is 38.4 Å². The van der Waals surface area contributed by atoms with Gasteiger partial charge in [-0.2, -0.15) is 0 Å². The van der Waals surface area contributed by atoms with Gasteiger partial charge in [0.2, 0.25) is 0 Å². The van der Waals surface area contributed by atoms with E-state index in [2.05, 4.69) is 29.5 Å². The highest BCUT2D eigenvalue weighted by Crippen LogP contribution is 2.36. The van der Waals surface area contributed by atoms with Crippen LogP contribution in [0, 0.1) is 6.92 Å². The third-order valence-electron chi connectivity index (χ3n) is 3.82. The molecule has 2 aromatic rings. The molecule has 17 heavy (non-hydrogen) atoms. The van der Waals surface area contributed by atoms with Crippen LogP contribution in [0.1, 0.15) is 42.4 Å². The molecule has 0 radical (unpaired) electrons. The predicted octanol–water partition coefficient (Wildman–Crippen LogP) is 2.41. The summed E-state index contributed by atoms with van der Waals surface area (Å²) in [5.74, 6) is 1.92. The van der Waals surface area contributed by atoms with E-state index in [0.29, 0.717) is 12.5 Å². The van der Waals surface area contributed by atoms with Crippen molar-refractivity contribution in [1.29, 1.82) is 0 Å². The topological polar surface area (TPSA) is 43.3 Å². The molecule has 0 aromatic carbocycles. The normalized spacial score (nSPS) is 16.4. The van der Waals surface area contributed by atoms with E-state index in [1.54, 1.807) is 0 Å². The van der Waals surface area contributed by atoms with Crippen molar-refractivity contribution in [3.63, 3.8) is 0 Å². The Labute approximate surface area is 102 Å². The fourth-order valence-electron chi connectivity index (χ4n) is 2.67. The molecular weight excluding hydrogens is 210 g/mol. The van der Waals surface area contributed by atoms with E-state index in [9.17, 15) is 0 Å². The van der Waals surface area contributed by atoms with Gasteiger partial charge in [-0.25, -0.2) is 4.98 Å². The summed E-state index contributed by atoms with van der Waals surface area (Å²) in [6.07, 6.45) is 4.84. The first-order valence-corrected chi connectivity index (χ1v) is 6.48. The van der Waals surface area contributed by atoms with E-state index in [4.69, 9.17) is 10.7 Å². The second kappa shape index (κ2) is 4.15. The van der Waals surface area contributed by atoms with Crippen molar-refractivity contribution < 1.29 is 0 Å². The van der Waals surface area contributed by atoms with Crippen molar-refractivity contribution in [1.82, 2.24) is 9.38 Å². The second-order valence-electron chi connectivity index (χ2n) is 4.96. The molecule has 1 fully saturated rings. The van der Waals surface area contributed by atoms with Gasteiger partial charge in [0.1, 0.15) is 5.82 Å². The van der Waals surface area contributed by atoms with E-state index < -0.39 is 0 Å². The van der Waals surface area contributed by atoms with Gasteiger partial charge in [0.05, 0.1) is 11.2 Å². The van der Waals surface area contributed by atoms with Gasteiger partial charge in [0, 0.05) is 18.0 Å². The molecule has 0 bridgehead atoms. The molecule has 2 N–H and O–H groups in total. The molecule has 0 spiro atoms. The summed E-state index contributed by atoms with van der Waals surface area (Å²) in [5, 5.41) is 0. The van der Waals surface area contributed by atoms with Gasteiger partial charge in [-0.3, -0.25) is 0 Å². The van der Waals surface area contributed by atoms with Gasteiger partial charge >= 0.3 is 0 Å². The van der Waals surface area contributed by atoms with E-state index in [1.165, 1.54) is 36.3 Å². The zero-order valence-electron chi connectivity index (χ0n) is 10.3. The molecule has 3 nitrogen and oxygen atoms in total. The van der Waals surface area contributed by atoms with Crippen LogP contribution in [0.15, 0.2) is 18.2 Å². The molecule has 0 saturated heterocycles. The van der Waals surface area contributed by atoms with Crippen molar-refractivity contribution in [3.8, 4) is 0 Å². The lowest BCUT2D eigenvalue weighted by Crippen LogP contribution is -2.15. The average molecular weight is 229 g/mol. The van der Waals surface area contributed by atoms with Crippen LogP contribution in [0.3, 0.4) is 0 Å². The fraction of sp³-hybridized carbons (Fsp3) is 0.500. The van der Waals surface area contributed by atoms with Crippen LogP contribution in [0.2, 0.25) is 0 Å². The first-order chi connectivity index (χ1) is 8.31. The highest BCUT2D eigenvalue weighted by Gasteiger charge is 2.25. The summed E-state index contributed by atoms with van der Waals surface area (Å²) < 4.78 is 2.34. The van der Waals surface area contributed by atoms with Crippen LogP contribution < -0.4 is 5.73 Å². The quantitative estimate of drug-likeness (QED) is 0.878. The molecule has 3 rings (SSSR count). The van der Waals surface area contributed by atoms with Crippen molar-refractivity contribution in [2.45, 2.75) is 38.5 Å². The maximum atomic E-state index is 5.70. The average Bonchev–Trinajstić information content (AvgIpc) is 2.56. The minimum atomic E-state index is 0.662. The summed E-state index contributed by atoms with van der Waals surface area (Å²) in [6, 6.07) is 6.44. The van der Waals surface area contributed by atoms with E-state index in [1.807, 2.05) is 0 Å². The molecule has 2 aromatic heterocycles. The van der Waals surface area contributed by atoms with Gasteiger partial charge in [-0.15, -0.1) is 0 Å². The number of nitrogens with two attached hydrogens (primary N) is 1. The number of nitrogens with zero attached hydrogens (tertiary/aromatic N) is 2. The Balaban J connectivity index is 2.20. The monoisotopic (exact) mass is 229 g/mol. The maximum absolute atomic E-state index is 5.70. The van der Waals surface area contributed by atoms with Gasteiger partial charge in [0.15, 0.2) is 0 Å². The summed E-state index contributed by atoms with van der Waals surface area (Å²) in [6.45, 7) is 2.80. The SMILES string of the molecule is Cc1nc(C2CCC2)n2c(CCN)cccc12. The fourth-order valence-corrected chi connectivity index (χ4v) is 2.67. The predicted molar refractivity (Wildman–Crippen MR) is 69.3 cm³/mol. The Morgan fingerprint density at radius 3 is 2.88 bits per heavy atom. The summed E-state index contributed by atoms with van der Waals surface area (Å²) >= 11 is 0. The molecule has 1 aliphatic rings. The van der Waals surface area contributed by atoms with E-state index in [0.717, 1.165) is 12.1 Å². The Hall–Kier alpha value is -1.35. The number of rotatable bonds is 3. The smallest absolute Gasteiger partial charge is 0.116 e. The molecule has 0 unspecified atom stereocenters. The molecular formula is C14H19N3. The summed E-state index contributed by atoms with van der Waals surface area (Å²) in [7, 11) is 0. The Bertz CT molecular complexity index is 538. The van der Waals surface area contributed by atoms with E-state index in [-0.39, 0.29) is 0 Å². The molecule has 0 aliphatic heterocycles. The lowest BCUT2D eigenvalue weighted by atomic mass is 9.85. The minimum Gasteiger partial charge on any atom is -0.330 e. The molecule has 0 atom stereocenters. The number of aromatic nitrogens is 2. The Morgan fingerprint density at radius 1 is 1.41 bits per heavy atom. The third-order valence-corrected chi connectivity index (χ3v) is 3.82. The van der Waals surface area contributed by atoms with Crippen LogP contribution in [0.4, 0.5) is 0 Å². The molecule has 1 aliphatic carbocycles. The van der Waals surface area contributed by atoms with Crippen LogP contribution in [0.25, 0.3) is 5.52 Å². The van der Waals surface area contributed by atoms with Crippen LogP contribution in [-0.4, -0.2) is 15.9 Å². The van der Waals surface area contributed by atoms with Crippen LogP contribution in [-0.2, 0) is 6.42 Å². The van der Waals surface area contributed by atoms with E-state index >= 15 is 0 Å². The molecule has 90 valence electrons. The number of pyridine rings is 1. The highest BCUT2D eigenvalue weighted by atomic mass is 15.0. The standard InChI is InChI=1S/C14H19N3/c1-10-13-7-3-6-12(8-9-15)17(13)14(16-10)11-4-2-5-11/h3,6-7,11H,2,4-5,8-9,15H2,1H3. The molecule has 2 heterocycles. The maximum Gasteiger partial charge on any atom is 0.116 e. The lowest BCUT2D eigenvalue weighted by Gasteiger charge is -2.24. The summed E-state index contributed by atoms with van der Waals surface area (Å²) in [5.41, 5.74) is 9.39. The second-order valence-corrected chi connectivity index (χ2v) is 4.96. The van der Waals surface area contributed by atoms with Crippen molar-refractivity contribution in [2.24, 2.45) is 5.73 Å². The molecule has 0 amide bonds. The van der Waals surface area contributed by atoms with Crippen LogP contribution in [0.5, 0.6) is 0 Å². The highest BCUT2D eigenvalue weighted by molar-refractivity contribution is 5.54. The number of aryl methyl sites for hydroxylation is 1. The Kier molecular flexibility index (Phi) is 2.63. The number of imidazole rings is 1. The number of hydrogen-bond acceptors (Lipinski definition) is 2. The molecule has 1 saturated carbocycles. The zero-order chi connectivity index (χ0) is 11.8. The third kappa shape index (κ3) is 1.65. The lowest BCUT2D eigenvalue weighted by molar-refractivity contribution is 0.399. The van der Waals surface area contributed by atoms with Crippen molar-refractivity contribution >= 4 is 5.52 Å². The Morgan fingerprint density at radius 2 is 2.24 bits per heavy atom. The zero-order valence-corrected chi connectivity index (χ0v) is 10.3. The number of hydrogen-bond donors (Lipinski definition) is 1. The minimum absolute atomic E-state index is 0.662. The summed E-state index contributed by atoms with van der Waals surface area (Å²) in [4.78, 5) is 4.78. The number of fused-ring (bicyclic) bond motifs is 1. The largest absolute Gasteiger partial charge is 0.330 e. The van der Waals surface area contributed by atoms with Gasteiger partial charge in [-0.1, -0.05) is 12.5 Å². The first-order valence-electron chi connectivity index (χ1n) is 6.48. The molecule has 3 heteroatoms. The van der Waals surface area contributed by atoms with Gasteiger partial charge < -0.3 is 10.1 Å².